The summed E-state index contributed by atoms with van der Waals surface area (Å²) in [5.74, 6) is -1.23. The molecule has 0 bridgehead atoms. The summed E-state index contributed by atoms with van der Waals surface area (Å²) >= 11 is 0. The van der Waals surface area contributed by atoms with Crippen LogP contribution < -0.4 is 0 Å². The van der Waals surface area contributed by atoms with E-state index in [1.807, 2.05) is 0 Å². The van der Waals surface area contributed by atoms with Gasteiger partial charge in [-0.25, -0.2) is 4.57 Å². The number of phosphoric acid groups is 1. The average molecular weight is 715 g/mol. The van der Waals surface area contributed by atoms with Crippen molar-refractivity contribution in [1.29, 1.82) is 0 Å². The molecule has 0 aliphatic heterocycles. The molecule has 49 heavy (non-hydrogen) atoms. The van der Waals surface area contributed by atoms with Crippen molar-refractivity contribution < 1.29 is 53.3 Å². The summed E-state index contributed by atoms with van der Waals surface area (Å²) in [6.07, 6.45) is 27.5. The molecule has 0 amide bonds. The van der Waals surface area contributed by atoms with Gasteiger partial charge in [0.1, 0.15) is 6.61 Å². The first-order valence-electron chi connectivity index (χ1n) is 17.9. The van der Waals surface area contributed by atoms with Crippen LogP contribution in [0, 0.1) is 0 Å². The molecular formula is C37H63O11P. The maximum absolute atomic E-state index is 12.3. The molecule has 0 heterocycles. The lowest BCUT2D eigenvalue weighted by Gasteiger charge is -2.18. The van der Waals surface area contributed by atoms with Gasteiger partial charge in [-0.05, 0) is 44.9 Å². The SMILES string of the molecule is CCCC/C=C\CCCCCCCC(=O)O[C@H](COC(=O)CCC[C@@H](O)[C@H](O)/C=C/C=C/C=C\C=C\[C@H](O)CCCCC)COP(=O)(O)O. The van der Waals surface area contributed by atoms with E-state index in [-0.39, 0.29) is 25.7 Å². The first-order valence-corrected chi connectivity index (χ1v) is 19.4. The number of carbonyl (C=O) groups excluding carboxylic acids is 2. The van der Waals surface area contributed by atoms with Crippen LogP contribution in [0.2, 0.25) is 0 Å². The van der Waals surface area contributed by atoms with Crippen molar-refractivity contribution in [2.24, 2.45) is 0 Å². The predicted octanol–water partition coefficient (Wildman–Crippen LogP) is 7.09. The Morgan fingerprint density at radius 3 is 1.92 bits per heavy atom. The van der Waals surface area contributed by atoms with Gasteiger partial charge in [-0.1, -0.05) is 126 Å². The number of allylic oxidation sites excluding steroid dienone is 8. The van der Waals surface area contributed by atoms with E-state index >= 15 is 0 Å². The van der Waals surface area contributed by atoms with Gasteiger partial charge in [-0.3, -0.25) is 14.1 Å². The van der Waals surface area contributed by atoms with Crippen LogP contribution in [0.25, 0.3) is 0 Å². The van der Waals surface area contributed by atoms with E-state index in [9.17, 15) is 29.5 Å². The number of ether oxygens (including phenoxy) is 2. The third kappa shape index (κ3) is 32.6. The van der Waals surface area contributed by atoms with Crippen molar-refractivity contribution in [3.63, 3.8) is 0 Å². The molecule has 0 saturated heterocycles. The Morgan fingerprint density at radius 2 is 1.24 bits per heavy atom. The molecule has 0 aliphatic rings. The summed E-state index contributed by atoms with van der Waals surface area (Å²) in [7, 11) is -4.83. The van der Waals surface area contributed by atoms with Gasteiger partial charge < -0.3 is 34.6 Å². The molecule has 0 aromatic carbocycles. The Bertz CT molecular complexity index is 1030. The normalized spacial score (nSPS) is 15.2. The molecule has 4 atom stereocenters. The molecule has 0 unspecified atom stereocenters. The maximum atomic E-state index is 12.3. The lowest BCUT2D eigenvalue weighted by Crippen LogP contribution is -2.29. The number of rotatable bonds is 31. The summed E-state index contributed by atoms with van der Waals surface area (Å²) in [6.45, 7) is 3.20. The van der Waals surface area contributed by atoms with Crippen molar-refractivity contribution in [3.05, 3.63) is 60.8 Å². The van der Waals surface area contributed by atoms with Gasteiger partial charge >= 0.3 is 19.8 Å². The van der Waals surface area contributed by atoms with Gasteiger partial charge in [-0.2, -0.15) is 0 Å². The highest BCUT2D eigenvalue weighted by Gasteiger charge is 2.23. The monoisotopic (exact) mass is 714 g/mol. The van der Waals surface area contributed by atoms with E-state index in [1.165, 1.54) is 18.9 Å². The molecule has 282 valence electrons. The van der Waals surface area contributed by atoms with E-state index in [0.717, 1.165) is 64.2 Å². The number of aliphatic hydroxyl groups excluding tert-OH is 3. The van der Waals surface area contributed by atoms with Crippen molar-refractivity contribution in [2.45, 2.75) is 147 Å². The largest absolute Gasteiger partial charge is 0.469 e. The minimum Gasteiger partial charge on any atom is -0.462 e. The van der Waals surface area contributed by atoms with Gasteiger partial charge in [-0.15, -0.1) is 0 Å². The highest BCUT2D eigenvalue weighted by molar-refractivity contribution is 7.46. The van der Waals surface area contributed by atoms with E-state index in [2.05, 4.69) is 30.5 Å². The lowest BCUT2D eigenvalue weighted by atomic mass is 10.1. The van der Waals surface area contributed by atoms with Crippen molar-refractivity contribution in [1.82, 2.24) is 0 Å². The quantitative estimate of drug-likeness (QED) is 0.0163. The molecule has 0 aliphatic carbocycles. The molecule has 0 spiro atoms. The molecule has 0 rings (SSSR count). The first kappa shape index (κ1) is 46.6. The number of carbonyl (C=O) groups is 2. The molecule has 0 aromatic heterocycles. The Labute approximate surface area is 294 Å². The Hall–Kier alpha value is -2.37. The highest BCUT2D eigenvalue weighted by atomic mass is 31.2. The maximum Gasteiger partial charge on any atom is 0.469 e. The number of phosphoric ester groups is 1. The second-order valence-electron chi connectivity index (χ2n) is 12.1. The fraction of sp³-hybridized carbons (Fsp3) is 0.676. The first-order chi connectivity index (χ1) is 23.5. The van der Waals surface area contributed by atoms with Gasteiger partial charge in [0.05, 0.1) is 24.9 Å². The molecule has 0 saturated carbocycles. The molecular weight excluding hydrogens is 651 g/mol. The standard InChI is InChI=1S/C37H63O11P/c1-3-5-7-8-9-10-11-12-13-18-22-28-37(42)48-33(31-47-49(43,44)45)30-46-36(41)29-23-27-35(40)34(39)26-21-17-15-14-16-20-25-32(38)24-19-6-4-2/h8-9,14-17,20-21,25-26,32-35,38-40H,3-7,10-13,18-19,22-24,27-31H2,1-2H3,(H2,43,44,45)/b9-8-,16-14-,17-15+,25-20+,26-21+/t32-,33-,34-,35-/m1/s1. The molecule has 0 aromatic rings. The Morgan fingerprint density at radius 1 is 0.653 bits per heavy atom. The van der Waals surface area contributed by atoms with Crippen LogP contribution in [0.3, 0.4) is 0 Å². The van der Waals surface area contributed by atoms with Crippen LogP contribution in [-0.4, -0.2) is 74.7 Å². The summed E-state index contributed by atoms with van der Waals surface area (Å²) < 4.78 is 26.0. The smallest absolute Gasteiger partial charge is 0.462 e. The highest BCUT2D eigenvalue weighted by Crippen LogP contribution is 2.36. The Balaban J connectivity index is 4.39. The summed E-state index contributed by atoms with van der Waals surface area (Å²) in [4.78, 5) is 42.6. The summed E-state index contributed by atoms with van der Waals surface area (Å²) in [5, 5.41) is 30.2. The van der Waals surface area contributed by atoms with Gasteiger partial charge in [0, 0.05) is 12.8 Å². The summed E-state index contributed by atoms with van der Waals surface area (Å²) in [5.41, 5.74) is 0. The second kappa shape index (κ2) is 31.6. The number of hydrogen-bond donors (Lipinski definition) is 5. The molecule has 11 nitrogen and oxygen atoms in total. The second-order valence-corrected chi connectivity index (χ2v) is 13.3. The van der Waals surface area contributed by atoms with Crippen molar-refractivity contribution in [3.8, 4) is 0 Å². The van der Waals surface area contributed by atoms with Crippen LogP contribution in [0.15, 0.2) is 60.8 Å². The zero-order valence-electron chi connectivity index (χ0n) is 29.7. The van der Waals surface area contributed by atoms with Crippen LogP contribution in [0.5, 0.6) is 0 Å². The third-order valence-corrected chi connectivity index (χ3v) is 7.86. The lowest BCUT2D eigenvalue weighted by molar-refractivity contribution is -0.161. The molecule has 0 fully saturated rings. The van der Waals surface area contributed by atoms with E-state index in [1.54, 1.807) is 42.5 Å². The van der Waals surface area contributed by atoms with Crippen LogP contribution in [0.1, 0.15) is 123 Å². The summed E-state index contributed by atoms with van der Waals surface area (Å²) in [6, 6.07) is 0. The Kier molecular flexibility index (Phi) is 30.1. The fourth-order valence-electron chi connectivity index (χ4n) is 4.50. The zero-order valence-corrected chi connectivity index (χ0v) is 30.5. The average Bonchev–Trinajstić information content (AvgIpc) is 3.05. The van der Waals surface area contributed by atoms with Gasteiger partial charge in [0.2, 0.25) is 0 Å². The molecule has 12 heteroatoms. The van der Waals surface area contributed by atoms with Crippen LogP contribution >= 0.6 is 7.82 Å². The van der Waals surface area contributed by atoms with Crippen LogP contribution in [0.4, 0.5) is 0 Å². The van der Waals surface area contributed by atoms with E-state index in [0.29, 0.717) is 6.42 Å². The fourth-order valence-corrected chi connectivity index (χ4v) is 4.86. The third-order valence-electron chi connectivity index (χ3n) is 7.38. The molecule has 0 radical (unpaired) electrons. The number of unbranched alkanes of at least 4 members (excludes halogenated alkanes) is 9. The van der Waals surface area contributed by atoms with E-state index < -0.39 is 57.4 Å². The van der Waals surface area contributed by atoms with Crippen LogP contribution in [-0.2, 0) is 28.2 Å². The number of hydrogen-bond acceptors (Lipinski definition) is 9. The zero-order chi connectivity index (χ0) is 36.6. The number of esters is 2. The number of aliphatic hydroxyl groups is 3. The van der Waals surface area contributed by atoms with Crippen molar-refractivity contribution >= 4 is 19.8 Å². The molecule has 5 N–H and O–H groups in total. The minimum atomic E-state index is -4.83. The topological polar surface area (TPSA) is 180 Å². The minimum absolute atomic E-state index is 0.0897. The van der Waals surface area contributed by atoms with Gasteiger partial charge in [0.15, 0.2) is 6.10 Å². The van der Waals surface area contributed by atoms with Gasteiger partial charge in [0.25, 0.3) is 0 Å². The van der Waals surface area contributed by atoms with Crippen molar-refractivity contribution in [2.75, 3.05) is 13.2 Å². The van der Waals surface area contributed by atoms with E-state index in [4.69, 9.17) is 19.3 Å². The predicted molar refractivity (Wildman–Crippen MR) is 192 cm³/mol.